The molecule has 4 N–H and O–H groups in total. The van der Waals surface area contributed by atoms with Crippen molar-refractivity contribution in [2.45, 2.75) is 17.9 Å². The second kappa shape index (κ2) is 7.53. The van der Waals surface area contributed by atoms with Gasteiger partial charge in [0.15, 0.2) is 22.4 Å². The Morgan fingerprint density at radius 1 is 1.21 bits per heavy atom. The Bertz CT molecular complexity index is 939. The van der Waals surface area contributed by atoms with Gasteiger partial charge in [0.25, 0.3) is 0 Å². The molecular formula is C19H17F3N2O4S. The number of nitrogens with one attached hydrogen (secondary N) is 2. The Morgan fingerprint density at radius 3 is 2.45 bits per heavy atom. The number of aliphatic hydroxyl groups is 1. The lowest BCUT2D eigenvalue weighted by Crippen LogP contribution is -2.72. The van der Waals surface area contributed by atoms with E-state index in [9.17, 15) is 28.2 Å². The Balaban J connectivity index is 2.18. The number of Topliss-reactive ketones (excluding diaryl/α,β-unsaturated/α-hetero) is 1. The van der Waals surface area contributed by atoms with E-state index in [4.69, 9.17) is 17.0 Å². The normalized spacial score (nSPS) is 24.4. The maximum Gasteiger partial charge on any atom is 0.437 e. The third-order valence-corrected chi connectivity index (χ3v) is 4.93. The van der Waals surface area contributed by atoms with Crippen molar-refractivity contribution in [1.29, 1.82) is 0 Å². The SMILES string of the molecule is COc1cc([C@@H]2NC(=S)N[C@](O)(C(F)(F)F)[C@@H]2C(=O)c2ccccc2)ccc1O. The van der Waals surface area contributed by atoms with Gasteiger partial charge in [0.05, 0.1) is 13.2 Å². The van der Waals surface area contributed by atoms with E-state index in [0.717, 1.165) is 0 Å². The first-order valence-corrected chi connectivity index (χ1v) is 8.83. The number of carbonyl (C=O) groups is 1. The Morgan fingerprint density at radius 2 is 1.86 bits per heavy atom. The number of aromatic hydroxyl groups is 1. The topological polar surface area (TPSA) is 90.8 Å². The van der Waals surface area contributed by atoms with Crippen LogP contribution < -0.4 is 15.4 Å². The highest BCUT2D eigenvalue weighted by molar-refractivity contribution is 7.80. The zero-order chi connectivity index (χ0) is 21.4. The molecule has 154 valence electrons. The van der Waals surface area contributed by atoms with E-state index >= 15 is 0 Å². The third-order valence-electron chi connectivity index (χ3n) is 4.71. The molecular weight excluding hydrogens is 409 g/mol. The molecule has 6 nitrogen and oxygen atoms in total. The number of phenols is 1. The van der Waals surface area contributed by atoms with E-state index < -0.39 is 34.8 Å². The summed E-state index contributed by atoms with van der Waals surface area (Å²) >= 11 is 4.87. The van der Waals surface area contributed by atoms with Crippen molar-refractivity contribution in [3.8, 4) is 11.5 Å². The maximum absolute atomic E-state index is 13.9. The molecule has 3 rings (SSSR count). The highest BCUT2D eigenvalue weighted by Crippen LogP contribution is 2.45. The van der Waals surface area contributed by atoms with Crippen LogP contribution in [-0.2, 0) is 0 Å². The number of phenolic OH excluding ortho intramolecular Hbond substituents is 1. The zero-order valence-electron chi connectivity index (χ0n) is 15.0. The Labute approximate surface area is 169 Å². The molecule has 1 fully saturated rings. The first kappa shape index (κ1) is 20.9. The minimum atomic E-state index is -5.21. The van der Waals surface area contributed by atoms with Gasteiger partial charge < -0.3 is 25.6 Å². The van der Waals surface area contributed by atoms with Gasteiger partial charge in [0.2, 0.25) is 5.72 Å². The number of ketones is 1. The summed E-state index contributed by atoms with van der Waals surface area (Å²) in [6.45, 7) is 0. The Hall–Kier alpha value is -2.85. The molecule has 0 unspecified atom stereocenters. The summed E-state index contributed by atoms with van der Waals surface area (Å²) in [6.07, 6.45) is -5.21. The molecule has 0 bridgehead atoms. The van der Waals surface area contributed by atoms with Crippen LogP contribution in [0.4, 0.5) is 13.2 Å². The van der Waals surface area contributed by atoms with Gasteiger partial charge in [-0.15, -0.1) is 0 Å². The summed E-state index contributed by atoms with van der Waals surface area (Å²) in [5.41, 5.74) is -3.45. The highest BCUT2D eigenvalue weighted by atomic mass is 32.1. The summed E-state index contributed by atoms with van der Waals surface area (Å²) in [5.74, 6) is -3.20. The third kappa shape index (κ3) is 3.73. The van der Waals surface area contributed by atoms with Gasteiger partial charge in [0.1, 0.15) is 5.92 Å². The van der Waals surface area contributed by atoms with Crippen LogP contribution in [0.25, 0.3) is 0 Å². The molecule has 3 atom stereocenters. The molecule has 10 heteroatoms. The van der Waals surface area contributed by atoms with Crippen molar-refractivity contribution < 1.29 is 32.9 Å². The number of hydrogen-bond donors (Lipinski definition) is 4. The van der Waals surface area contributed by atoms with Crippen LogP contribution in [-0.4, -0.2) is 40.1 Å². The van der Waals surface area contributed by atoms with Crippen LogP contribution in [0.1, 0.15) is 22.0 Å². The second-order valence-electron chi connectivity index (χ2n) is 6.48. The minimum absolute atomic E-state index is 0.00444. The van der Waals surface area contributed by atoms with Gasteiger partial charge in [0, 0.05) is 5.56 Å². The number of hydrogen-bond acceptors (Lipinski definition) is 5. The highest BCUT2D eigenvalue weighted by Gasteiger charge is 2.65. The number of alkyl halides is 3. The van der Waals surface area contributed by atoms with Gasteiger partial charge >= 0.3 is 6.18 Å². The van der Waals surface area contributed by atoms with E-state index in [1.165, 1.54) is 49.6 Å². The van der Waals surface area contributed by atoms with Crippen molar-refractivity contribution in [3.63, 3.8) is 0 Å². The van der Waals surface area contributed by atoms with Crippen LogP contribution in [0.2, 0.25) is 0 Å². The number of carbonyl (C=O) groups excluding carboxylic acids is 1. The predicted molar refractivity (Wildman–Crippen MR) is 102 cm³/mol. The van der Waals surface area contributed by atoms with E-state index in [1.807, 2.05) is 5.32 Å². The lowest BCUT2D eigenvalue weighted by molar-refractivity contribution is -0.285. The molecule has 2 aromatic rings. The predicted octanol–water partition coefficient (Wildman–Crippen LogP) is 2.67. The average Bonchev–Trinajstić information content (AvgIpc) is 2.67. The molecule has 0 amide bonds. The van der Waals surface area contributed by atoms with Gasteiger partial charge in [-0.2, -0.15) is 13.2 Å². The molecule has 1 aliphatic rings. The molecule has 0 aromatic heterocycles. The number of ether oxygens (including phenoxy) is 1. The number of thiocarbonyl (C=S) groups is 1. The van der Waals surface area contributed by atoms with Gasteiger partial charge in [-0.25, -0.2) is 0 Å². The van der Waals surface area contributed by atoms with E-state index in [1.54, 1.807) is 6.07 Å². The monoisotopic (exact) mass is 426 g/mol. The molecule has 0 radical (unpaired) electrons. The molecule has 0 spiro atoms. The fourth-order valence-corrected chi connectivity index (χ4v) is 3.57. The number of benzene rings is 2. The van der Waals surface area contributed by atoms with Gasteiger partial charge in [-0.1, -0.05) is 36.4 Å². The molecule has 0 saturated carbocycles. The van der Waals surface area contributed by atoms with Crippen molar-refractivity contribution in [2.75, 3.05) is 7.11 Å². The van der Waals surface area contributed by atoms with Crippen LogP contribution in [0.5, 0.6) is 11.5 Å². The summed E-state index contributed by atoms with van der Waals surface area (Å²) in [4.78, 5) is 13.1. The lowest BCUT2D eigenvalue weighted by atomic mass is 9.77. The van der Waals surface area contributed by atoms with Crippen LogP contribution >= 0.6 is 12.2 Å². The van der Waals surface area contributed by atoms with Crippen molar-refractivity contribution in [3.05, 3.63) is 59.7 Å². The van der Waals surface area contributed by atoms with Crippen molar-refractivity contribution in [1.82, 2.24) is 10.6 Å². The minimum Gasteiger partial charge on any atom is -0.504 e. The summed E-state index contributed by atoms with van der Waals surface area (Å²) in [7, 11) is 1.28. The molecule has 1 heterocycles. The van der Waals surface area contributed by atoms with E-state index in [0.29, 0.717) is 0 Å². The van der Waals surface area contributed by atoms with Crippen LogP contribution in [0.15, 0.2) is 48.5 Å². The van der Waals surface area contributed by atoms with E-state index in [-0.39, 0.29) is 22.6 Å². The second-order valence-corrected chi connectivity index (χ2v) is 6.89. The largest absolute Gasteiger partial charge is 0.504 e. The van der Waals surface area contributed by atoms with Crippen LogP contribution in [0.3, 0.4) is 0 Å². The number of halogens is 3. The Kier molecular flexibility index (Phi) is 5.42. The number of rotatable bonds is 4. The molecule has 0 aliphatic carbocycles. The smallest absolute Gasteiger partial charge is 0.437 e. The standard InChI is InChI=1S/C19H17F3N2O4S/c1-28-13-9-11(7-8-12(13)25)15-14(16(26)10-5-3-2-4-6-10)18(27,19(20,21)22)24-17(29)23-15/h2-9,14-15,25,27H,1H3,(H2,23,24,29)/t14-,15-,18+/m0/s1. The fourth-order valence-electron chi connectivity index (χ4n) is 3.29. The summed E-state index contributed by atoms with van der Waals surface area (Å²) in [6, 6.07) is 9.83. The molecule has 1 saturated heterocycles. The molecule has 29 heavy (non-hydrogen) atoms. The van der Waals surface area contributed by atoms with Gasteiger partial charge in [-0.05, 0) is 29.9 Å². The first-order valence-electron chi connectivity index (χ1n) is 8.42. The van der Waals surface area contributed by atoms with Crippen LogP contribution in [0, 0.1) is 5.92 Å². The number of methoxy groups -OCH3 is 1. The average molecular weight is 426 g/mol. The summed E-state index contributed by atoms with van der Waals surface area (Å²) in [5, 5.41) is 24.4. The van der Waals surface area contributed by atoms with Crippen molar-refractivity contribution in [2.24, 2.45) is 5.92 Å². The lowest BCUT2D eigenvalue weighted by Gasteiger charge is -2.46. The maximum atomic E-state index is 13.9. The molecule has 1 aliphatic heterocycles. The van der Waals surface area contributed by atoms with Crippen molar-refractivity contribution >= 4 is 23.1 Å². The zero-order valence-corrected chi connectivity index (χ0v) is 15.8. The summed E-state index contributed by atoms with van der Waals surface area (Å²) < 4.78 is 46.7. The van der Waals surface area contributed by atoms with E-state index in [2.05, 4.69) is 5.32 Å². The van der Waals surface area contributed by atoms with Gasteiger partial charge in [-0.3, -0.25) is 4.79 Å². The quantitative estimate of drug-likeness (QED) is 0.442. The first-order chi connectivity index (χ1) is 13.6. The fraction of sp³-hybridized carbons (Fsp3) is 0.263. The molecule has 2 aromatic carbocycles.